The SMILES string of the molecule is CCO[C@@H]1O[C@H](COC(=O)Nc2cccc(C#N)c2)[C@@H](OC(=O)Nc2ccc(F)cc2)[C@H](OC(=O)Nc2ccc(C(F)(F)F)cc2)[C@H]1OCc1ccc(F)cc1. The van der Waals surface area contributed by atoms with Gasteiger partial charge in [0.15, 0.2) is 18.5 Å². The van der Waals surface area contributed by atoms with E-state index in [1.807, 2.05) is 6.07 Å². The molecular weight excluding hydrogens is 751 g/mol. The second-order valence-corrected chi connectivity index (χ2v) is 11.9. The Morgan fingerprint density at radius 2 is 1.30 bits per heavy atom. The van der Waals surface area contributed by atoms with Gasteiger partial charge in [-0.2, -0.15) is 18.4 Å². The van der Waals surface area contributed by atoms with Gasteiger partial charge in [-0.3, -0.25) is 16.0 Å². The fourth-order valence-corrected chi connectivity index (χ4v) is 5.33. The van der Waals surface area contributed by atoms with E-state index in [-0.39, 0.29) is 35.8 Å². The smallest absolute Gasteiger partial charge is 0.416 e. The highest BCUT2D eigenvalue weighted by Crippen LogP contribution is 2.32. The summed E-state index contributed by atoms with van der Waals surface area (Å²) >= 11 is 0. The Hall–Kier alpha value is -6.29. The number of carbonyl (C=O) groups is 3. The van der Waals surface area contributed by atoms with Crippen LogP contribution in [0, 0.1) is 23.0 Å². The molecule has 0 bridgehead atoms. The summed E-state index contributed by atoms with van der Waals surface area (Å²) in [6, 6.07) is 21.2. The normalized spacial score (nSPS) is 19.2. The predicted octanol–water partition coefficient (Wildman–Crippen LogP) is 7.99. The Morgan fingerprint density at radius 3 is 1.89 bits per heavy atom. The molecule has 0 unspecified atom stereocenters. The quantitative estimate of drug-likeness (QED) is 0.0947. The summed E-state index contributed by atoms with van der Waals surface area (Å²) in [6.45, 7) is 0.719. The third kappa shape index (κ3) is 11.6. The molecule has 1 aliphatic rings. The zero-order valence-corrected chi connectivity index (χ0v) is 29.3. The number of nitrogens with zero attached hydrogens (tertiary/aromatic N) is 1. The number of alkyl halides is 3. The fourth-order valence-electron chi connectivity index (χ4n) is 5.33. The van der Waals surface area contributed by atoms with Crippen LogP contribution in [0.4, 0.5) is 53.4 Å². The van der Waals surface area contributed by atoms with Crippen molar-refractivity contribution in [3.63, 3.8) is 0 Å². The lowest BCUT2D eigenvalue weighted by Crippen LogP contribution is -2.63. The van der Waals surface area contributed by atoms with Gasteiger partial charge in [-0.25, -0.2) is 23.2 Å². The van der Waals surface area contributed by atoms with Gasteiger partial charge < -0.3 is 28.4 Å². The van der Waals surface area contributed by atoms with Crippen LogP contribution in [0.2, 0.25) is 0 Å². The van der Waals surface area contributed by atoms with Crippen molar-refractivity contribution in [2.75, 3.05) is 29.2 Å². The van der Waals surface area contributed by atoms with Crippen LogP contribution in [0.3, 0.4) is 0 Å². The van der Waals surface area contributed by atoms with Gasteiger partial charge in [0, 0.05) is 23.7 Å². The van der Waals surface area contributed by atoms with E-state index in [9.17, 15) is 41.6 Å². The Kier molecular flexibility index (Phi) is 13.8. The van der Waals surface area contributed by atoms with Crippen LogP contribution >= 0.6 is 0 Å². The number of amides is 3. The highest BCUT2D eigenvalue weighted by Gasteiger charge is 2.52. The van der Waals surface area contributed by atoms with E-state index in [0.29, 0.717) is 5.56 Å². The lowest BCUT2D eigenvalue weighted by Gasteiger charge is -2.44. The molecule has 1 heterocycles. The zero-order valence-electron chi connectivity index (χ0n) is 29.3. The number of hydrogen-bond donors (Lipinski definition) is 3. The Morgan fingerprint density at radius 1 is 0.732 bits per heavy atom. The number of rotatable bonds is 12. The maximum atomic E-state index is 13.7. The lowest BCUT2D eigenvalue weighted by atomic mass is 9.98. The van der Waals surface area contributed by atoms with Crippen LogP contribution in [0.25, 0.3) is 0 Å². The molecular formula is C38H33F5N4O9. The van der Waals surface area contributed by atoms with Gasteiger partial charge in [-0.15, -0.1) is 0 Å². The fraction of sp³-hybridized carbons (Fsp3) is 0.263. The number of nitrogens with one attached hydrogen (secondary N) is 3. The first kappa shape index (κ1) is 40.9. The summed E-state index contributed by atoms with van der Waals surface area (Å²) in [5.74, 6) is -1.11. The minimum atomic E-state index is -4.64. The van der Waals surface area contributed by atoms with E-state index in [4.69, 9.17) is 28.4 Å². The first-order valence-electron chi connectivity index (χ1n) is 16.8. The standard InChI is InChI=1S/C38H33F5N4O9/c1-2-51-34-33(52-20-22-6-10-25(39)11-7-22)32(56-37(50)45-27-14-8-24(9-15-27)38(41,42)43)31(55-36(49)46-28-16-12-26(40)13-17-28)30(54-34)21-53-35(48)47-29-5-3-4-23(18-29)19-44/h3-18,30-34H,2,20-21H2,1H3,(H,45,50)(H,46,49)(H,47,48)/t30-,31-,32+,33-,34-/m1/s1. The molecule has 1 saturated heterocycles. The zero-order chi connectivity index (χ0) is 40.2. The van der Waals surface area contributed by atoms with E-state index in [2.05, 4.69) is 16.0 Å². The summed E-state index contributed by atoms with van der Waals surface area (Å²) in [7, 11) is 0. The van der Waals surface area contributed by atoms with Crippen LogP contribution in [-0.4, -0.2) is 62.2 Å². The number of carbonyl (C=O) groups excluding carboxylic acids is 3. The van der Waals surface area contributed by atoms with Crippen LogP contribution in [0.1, 0.15) is 23.6 Å². The Balaban J connectivity index is 1.45. The van der Waals surface area contributed by atoms with Gasteiger partial charge in [0.1, 0.15) is 30.4 Å². The molecule has 13 nitrogen and oxygen atoms in total. The topological polar surface area (TPSA) is 166 Å². The monoisotopic (exact) mass is 784 g/mol. The maximum Gasteiger partial charge on any atom is 0.416 e. The molecule has 4 aromatic rings. The van der Waals surface area contributed by atoms with E-state index in [0.717, 1.165) is 36.4 Å². The van der Waals surface area contributed by atoms with Crippen LogP contribution in [0.15, 0.2) is 97.1 Å². The maximum absolute atomic E-state index is 13.7. The third-order valence-electron chi connectivity index (χ3n) is 7.93. The van der Waals surface area contributed by atoms with Crippen molar-refractivity contribution in [2.45, 2.75) is 50.4 Å². The molecule has 1 fully saturated rings. The van der Waals surface area contributed by atoms with Crippen LogP contribution < -0.4 is 16.0 Å². The molecule has 56 heavy (non-hydrogen) atoms. The van der Waals surface area contributed by atoms with Gasteiger partial charge in [0.2, 0.25) is 0 Å². The summed E-state index contributed by atoms with van der Waals surface area (Å²) in [6.07, 6.45) is -15.6. The molecule has 18 heteroatoms. The summed E-state index contributed by atoms with van der Waals surface area (Å²) in [5.41, 5.74) is -0.0337. The van der Waals surface area contributed by atoms with E-state index < -0.39 is 79.0 Å². The lowest BCUT2D eigenvalue weighted by molar-refractivity contribution is -0.308. The van der Waals surface area contributed by atoms with Crippen molar-refractivity contribution in [1.82, 2.24) is 0 Å². The van der Waals surface area contributed by atoms with Crippen LogP contribution in [0.5, 0.6) is 0 Å². The van der Waals surface area contributed by atoms with Crippen molar-refractivity contribution in [3.05, 3.63) is 125 Å². The largest absolute Gasteiger partial charge is 0.446 e. The number of ether oxygens (including phenoxy) is 6. The molecule has 4 aromatic carbocycles. The predicted molar refractivity (Wildman–Crippen MR) is 187 cm³/mol. The van der Waals surface area contributed by atoms with Crippen LogP contribution in [-0.2, 0) is 41.2 Å². The molecule has 3 amide bonds. The first-order chi connectivity index (χ1) is 26.8. The summed E-state index contributed by atoms with van der Waals surface area (Å²) in [5, 5.41) is 16.4. The van der Waals surface area contributed by atoms with Gasteiger partial charge in [-0.05, 0) is 91.3 Å². The Bertz CT molecular complexity index is 2000. The molecule has 0 saturated carbocycles. The van der Waals surface area contributed by atoms with Crippen molar-refractivity contribution < 1.29 is 64.8 Å². The average molecular weight is 785 g/mol. The highest BCUT2D eigenvalue weighted by atomic mass is 19.4. The van der Waals surface area contributed by atoms with E-state index in [1.165, 1.54) is 60.7 Å². The third-order valence-corrected chi connectivity index (χ3v) is 7.93. The number of benzene rings is 4. The van der Waals surface area contributed by atoms with Crippen molar-refractivity contribution in [1.29, 1.82) is 5.26 Å². The van der Waals surface area contributed by atoms with Gasteiger partial charge in [0.25, 0.3) is 0 Å². The average Bonchev–Trinajstić information content (AvgIpc) is 3.16. The summed E-state index contributed by atoms with van der Waals surface area (Å²) < 4.78 is 102. The molecule has 0 spiro atoms. The molecule has 0 aliphatic carbocycles. The van der Waals surface area contributed by atoms with Gasteiger partial charge in [0.05, 0.1) is 23.8 Å². The molecule has 294 valence electrons. The second-order valence-electron chi connectivity index (χ2n) is 11.9. The molecule has 5 atom stereocenters. The van der Waals surface area contributed by atoms with Gasteiger partial charge in [-0.1, -0.05) is 18.2 Å². The number of nitriles is 1. The van der Waals surface area contributed by atoms with Crippen molar-refractivity contribution in [2.24, 2.45) is 0 Å². The first-order valence-corrected chi connectivity index (χ1v) is 16.8. The molecule has 0 aromatic heterocycles. The number of anilines is 3. The highest BCUT2D eigenvalue weighted by molar-refractivity contribution is 5.86. The summed E-state index contributed by atoms with van der Waals surface area (Å²) in [4.78, 5) is 39.6. The number of hydrogen-bond acceptors (Lipinski definition) is 10. The van der Waals surface area contributed by atoms with Crippen molar-refractivity contribution in [3.8, 4) is 6.07 Å². The van der Waals surface area contributed by atoms with E-state index in [1.54, 1.807) is 6.92 Å². The second kappa shape index (κ2) is 18.8. The molecule has 3 N–H and O–H groups in total. The van der Waals surface area contributed by atoms with E-state index >= 15 is 0 Å². The molecule has 5 rings (SSSR count). The number of halogens is 5. The molecule has 1 aliphatic heterocycles. The minimum Gasteiger partial charge on any atom is -0.446 e. The molecule has 0 radical (unpaired) electrons. The van der Waals surface area contributed by atoms with Gasteiger partial charge >= 0.3 is 24.5 Å². The van der Waals surface area contributed by atoms with Crippen molar-refractivity contribution >= 4 is 35.3 Å². The Labute approximate surface area is 316 Å². The minimum absolute atomic E-state index is 0.00538.